The van der Waals surface area contributed by atoms with E-state index in [4.69, 9.17) is 4.74 Å². The number of ether oxygens (including phenoxy) is 1. The molecule has 3 aromatic rings. The third-order valence-corrected chi connectivity index (χ3v) is 5.88. The number of amides is 1. The van der Waals surface area contributed by atoms with E-state index in [-0.39, 0.29) is 25.0 Å². The summed E-state index contributed by atoms with van der Waals surface area (Å²) in [7, 11) is 0. The van der Waals surface area contributed by atoms with Crippen LogP contribution in [0, 0.1) is 5.92 Å². The normalized spacial score (nSPS) is 16.2. The van der Waals surface area contributed by atoms with Gasteiger partial charge in [-0.15, -0.1) is 11.3 Å². The molecule has 2 N–H and O–H groups in total. The largest absolute Gasteiger partial charge is 0.484 e. The van der Waals surface area contributed by atoms with Crippen molar-refractivity contribution in [3.05, 3.63) is 64.9 Å². The molecule has 1 aliphatic rings. The Morgan fingerprint density at radius 2 is 1.96 bits per heavy atom. The van der Waals surface area contributed by atoms with Crippen LogP contribution in [0.1, 0.15) is 17.7 Å². The number of hydrogen-bond donors (Lipinski definition) is 2. The highest BCUT2D eigenvalue weighted by Gasteiger charge is 2.45. The molecule has 0 aliphatic heterocycles. The maximum atomic E-state index is 12.2. The highest BCUT2D eigenvalue weighted by molar-refractivity contribution is 7.10. The van der Waals surface area contributed by atoms with Gasteiger partial charge in [0, 0.05) is 4.88 Å². The Hall–Kier alpha value is -2.37. The van der Waals surface area contributed by atoms with Crippen molar-refractivity contribution >= 4 is 28.0 Å². The maximum absolute atomic E-state index is 12.2. The summed E-state index contributed by atoms with van der Waals surface area (Å²) in [6.07, 6.45) is 2.00. The first kappa shape index (κ1) is 17.1. The van der Waals surface area contributed by atoms with Gasteiger partial charge in [-0.25, -0.2) is 0 Å². The first-order valence-electron chi connectivity index (χ1n) is 8.80. The third kappa shape index (κ3) is 3.59. The summed E-state index contributed by atoms with van der Waals surface area (Å²) < 4.78 is 5.62. The van der Waals surface area contributed by atoms with Gasteiger partial charge >= 0.3 is 0 Å². The van der Waals surface area contributed by atoms with Gasteiger partial charge in [-0.3, -0.25) is 4.79 Å². The molecule has 26 heavy (non-hydrogen) atoms. The van der Waals surface area contributed by atoms with Crippen LogP contribution in [-0.2, 0) is 10.4 Å². The van der Waals surface area contributed by atoms with Crippen molar-refractivity contribution in [2.75, 3.05) is 13.2 Å². The molecule has 1 amide bonds. The Kier molecular flexibility index (Phi) is 4.66. The van der Waals surface area contributed by atoms with Gasteiger partial charge in [0.05, 0.1) is 6.54 Å². The van der Waals surface area contributed by atoms with Crippen molar-refractivity contribution in [1.29, 1.82) is 0 Å². The minimum atomic E-state index is -0.966. The van der Waals surface area contributed by atoms with E-state index < -0.39 is 5.60 Å². The van der Waals surface area contributed by atoms with Gasteiger partial charge in [0.15, 0.2) is 6.61 Å². The van der Waals surface area contributed by atoms with Crippen LogP contribution < -0.4 is 10.1 Å². The van der Waals surface area contributed by atoms with Crippen LogP contribution in [0.15, 0.2) is 60.0 Å². The van der Waals surface area contributed by atoms with Crippen molar-refractivity contribution in [2.45, 2.75) is 18.4 Å². The van der Waals surface area contributed by atoms with E-state index in [2.05, 4.69) is 5.32 Å². The first-order valence-corrected chi connectivity index (χ1v) is 9.68. The Morgan fingerprint density at radius 3 is 2.69 bits per heavy atom. The molecule has 1 heterocycles. The fourth-order valence-electron chi connectivity index (χ4n) is 3.21. The Balaban J connectivity index is 1.34. The Labute approximate surface area is 156 Å². The average Bonchev–Trinajstić information content (AvgIpc) is 3.39. The summed E-state index contributed by atoms with van der Waals surface area (Å²) in [5, 5.41) is 18.0. The van der Waals surface area contributed by atoms with E-state index in [0.717, 1.165) is 28.5 Å². The van der Waals surface area contributed by atoms with Gasteiger partial charge in [0.1, 0.15) is 11.4 Å². The van der Waals surface area contributed by atoms with Crippen molar-refractivity contribution in [3.63, 3.8) is 0 Å². The first-order chi connectivity index (χ1) is 12.6. The van der Waals surface area contributed by atoms with Crippen molar-refractivity contribution in [3.8, 4) is 5.75 Å². The van der Waals surface area contributed by atoms with Gasteiger partial charge in [-0.05, 0) is 53.1 Å². The molecular formula is C21H21NO3S. The topological polar surface area (TPSA) is 58.6 Å². The number of hydrogen-bond acceptors (Lipinski definition) is 4. The number of carbonyl (C=O) groups is 1. The van der Waals surface area contributed by atoms with Crippen LogP contribution in [0.2, 0.25) is 0 Å². The van der Waals surface area contributed by atoms with Gasteiger partial charge in [0.2, 0.25) is 0 Å². The second-order valence-corrected chi connectivity index (χ2v) is 7.70. The van der Waals surface area contributed by atoms with Crippen molar-refractivity contribution in [2.24, 2.45) is 5.92 Å². The fraction of sp³-hybridized carbons (Fsp3) is 0.286. The number of aliphatic hydroxyl groups is 1. The van der Waals surface area contributed by atoms with Crippen molar-refractivity contribution in [1.82, 2.24) is 5.32 Å². The van der Waals surface area contributed by atoms with E-state index in [9.17, 15) is 9.90 Å². The van der Waals surface area contributed by atoms with E-state index in [1.807, 2.05) is 60.0 Å². The minimum absolute atomic E-state index is 0.0659. The van der Waals surface area contributed by atoms with Gasteiger partial charge < -0.3 is 15.2 Å². The van der Waals surface area contributed by atoms with E-state index in [0.29, 0.717) is 5.75 Å². The lowest BCUT2D eigenvalue weighted by atomic mass is 9.95. The molecule has 2 aromatic carbocycles. The molecule has 1 unspecified atom stereocenters. The van der Waals surface area contributed by atoms with Crippen LogP contribution in [0.5, 0.6) is 5.75 Å². The molecule has 5 heteroatoms. The van der Waals surface area contributed by atoms with E-state index >= 15 is 0 Å². The second-order valence-electron chi connectivity index (χ2n) is 6.75. The third-order valence-electron chi connectivity index (χ3n) is 4.85. The smallest absolute Gasteiger partial charge is 0.258 e. The molecule has 1 aliphatic carbocycles. The predicted molar refractivity (Wildman–Crippen MR) is 103 cm³/mol. The lowest BCUT2D eigenvalue weighted by molar-refractivity contribution is -0.124. The van der Waals surface area contributed by atoms with Crippen LogP contribution in [0.25, 0.3) is 10.8 Å². The van der Waals surface area contributed by atoms with Crippen LogP contribution in [0.4, 0.5) is 0 Å². The highest BCUT2D eigenvalue weighted by Crippen LogP contribution is 2.46. The SMILES string of the molecule is O=C(COc1ccc2ccccc2c1)NCC(O)(c1cccs1)C1CC1. The molecule has 1 atom stereocenters. The molecule has 4 rings (SSSR count). The quantitative estimate of drug-likeness (QED) is 0.669. The van der Waals surface area contributed by atoms with Crippen LogP contribution >= 0.6 is 11.3 Å². The summed E-state index contributed by atoms with van der Waals surface area (Å²) in [5.41, 5.74) is -0.966. The molecule has 0 spiro atoms. The summed E-state index contributed by atoms with van der Waals surface area (Å²) in [4.78, 5) is 13.1. The number of fused-ring (bicyclic) bond motifs is 1. The fourth-order valence-corrected chi connectivity index (χ4v) is 4.11. The van der Waals surface area contributed by atoms with Crippen molar-refractivity contribution < 1.29 is 14.6 Å². The molecule has 0 saturated heterocycles. The Morgan fingerprint density at radius 1 is 1.15 bits per heavy atom. The molecule has 0 radical (unpaired) electrons. The zero-order valence-electron chi connectivity index (χ0n) is 14.4. The molecule has 4 nitrogen and oxygen atoms in total. The number of nitrogens with one attached hydrogen (secondary N) is 1. The number of carbonyl (C=O) groups excluding carboxylic acids is 1. The average molecular weight is 367 g/mol. The monoisotopic (exact) mass is 367 g/mol. The lowest BCUT2D eigenvalue weighted by Crippen LogP contribution is -2.43. The van der Waals surface area contributed by atoms with Crippen LogP contribution in [0.3, 0.4) is 0 Å². The van der Waals surface area contributed by atoms with Gasteiger partial charge in [-0.2, -0.15) is 0 Å². The van der Waals surface area contributed by atoms with Gasteiger partial charge in [0.25, 0.3) is 5.91 Å². The van der Waals surface area contributed by atoms with E-state index in [1.165, 1.54) is 11.3 Å². The standard InChI is InChI=1S/C21H21NO3S/c23-20(13-25-18-10-7-15-4-1-2-5-16(15)12-18)22-14-21(24,17-8-9-17)19-6-3-11-26-19/h1-7,10-12,17,24H,8-9,13-14H2,(H,22,23). The minimum Gasteiger partial charge on any atom is -0.484 e. The molecule has 1 fully saturated rings. The molecule has 1 saturated carbocycles. The summed E-state index contributed by atoms with van der Waals surface area (Å²) in [5.74, 6) is 0.659. The zero-order valence-corrected chi connectivity index (χ0v) is 15.2. The van der Waals surface area contributed by atoms with Crippen LogP contribution in [-0.4, -0.2) is 24.2 Å². The zero-order chi connectivity index (χ0) is 18.0. The molecular weight excluding hydrogens is 346 g/mol. The molecule has 1 aromatic heterocycles. The summed E-state index contributed by atoms with van der Waals surface area (Å²) >= 11 is 1.53. The summed E-state index contributed by atoms with van der Waals surface area (Å²) in [6, 6.07) is 17.6. The highest BCUT2D eigenvalue weighted by atomic mass is 32.1. The van der Waals surface area contributed by atoms with E-state index in [1.54, 1.807) is 0 Å². The molecule has 134 valence electrons. The Bertz CT molecular complexity index is 905. The maximum Gasteiger partial charge on any atom is 0.258 e. The number of rotatable bonds is 7. The number of thiophene rings is 1. The number of benzene rings is 2. The second kappa shape index (κ2) is 7.09. The van der Waals surface area contributed by atoms with Gasteiger partial charge in [-0.1, -0.05) is 36.4 Å². The lowest BCUT2D eigenvalue weighted by Gasteiger charge is -2.27. The predicted octanol–water partition coefficient (Wildman–Crippen LogP) is 3.69. The molecule has 0 bridgehead atoms. The summed E-state index contributed by atoms with van der Waals surface area (Å²) in [6.45, 7) is 0.154.